The topological polar surface area (TPSA) is 83.6 Å². The average molecular weight is 274 g/mol. The summed E-state index contributed by atoms with van der Waals surface area (Å²) in [6.07, 6.45) is 2.13. The maximum absolute atomic E-state index is 12.1. The fraction of sp³-hybridized carbons (Fsp3) is 0.833. The molecule has 1 fully saturated rings. The molecule has 6 heteroatoms. The number of hydrogen-bond donors (Lipinski definition) is 2. The summed E-state index contributed by atoms with van der Waals surface area (Å²) in [6, 6.07) is -0.0337. The van der Waals surface area contributed by atoms with Crippen LogP contribution in [0.4, 0.5) is 0 Å². The van der Waals surface area contributed by atoms with Crippen molar-refractivity contribution in [3.63, 3.8) is 0 Å². The van der Waals surface area contributed by atoms with Crippen LogP contribution >= 0.6 is 11.8 Å². The second-order valence-corrected chi connectivity index (χ2v) is 5.93. The molecule has 1 heterocycles. The highest BCUT2D eigenvalue weighted by molar-refractivity contribution is 7.99. The Labute approximate surface area is 112 Å². The summed E-state index contributed by atoms with van der Waals surface area (Å²) >= 11 is 1.72. The first kappa shape index (κ1) is 15.3. The Hall–Kier alpha value is -0.750. The van der Waals surface area contributed by atoms with Gasteiger partial charge in [0.1, 0.15) is 0 Å². The van der Waals surface area contributed by atoms with Gasteiger partial charge in [-0.3, -0.25) is 9.59 Å². The van der Waals surface area contributed by atoms with Gasteiger partial charge < -0.3 is 15.7 Å². The number of nitrogens with zero attached hydrogens (tertiary/aromatic N) is 1. The first-order valence-electron chi connectivity index (χ1n) is 6.35. The first-order valence-corrected chi connectivity index (χ1v) is 7.50. The minimum Gasteiger partial charge on any atom is -0.481 e. The lowest BCUT2D eigenvalue weighted by atomic mass is 10.1. The Balaban J connectivity index is 2.44. The molecule has 0 aliphatic carbocycles. The average Bonchev–Trinajstić information content (AvgIpc) is 2.28. The largest absolute Gasteiger partial charge is 0.481 e. The van der Waals surface area contributed by atoms with Crippen molar-refractivity contribution >= 4 is 23.6 Å². The smallest absolute Gasteiger partial charge is 0.305 e. The molecule has 3 N–H and O–H groups in total. The number of carboxylic acids is 1. The van der Waals surface area contributed by atoms with Gasteiger partial charge in [-0.2, -0.15) is 11.8 Å². The summed E-state index contributed by atoms with van der Waals surface area (Å²) in [5, 5.41) is 8.85. The number of nitrogens with two attached hydrogens (primary N) is 1. The lowest BCUT2D eigenvalue weighted by Crippen LogP contribution is -2.47. The number of carboxylic acid groups (broad SMARTS) is 1. The van der Waals surface area contributed by atoms with Crippen molar-refractivity contribution in [2.75, 3.05) is 18.1 Å². The summed E-state index contributed by atoms with van der Waals surface area (Å²) < 4.78 is 0. The molecule has 1 aliphatic heterocycles. The molecule has 5 nitrogen and oxygen atoms in total. The summed E-state index contributed by atoms with van der Waals surface area (Å²) in [5.74, 6) is 0.860. The van der Waals surface area contributed by atoms with E-state index >= 15 is 0 Å². The van der Waals surface area contributed by atoms with Gasteiger partial charge in [0.05, 0.1) is 12.5 Å². The predicted molar refractivity (Wildman–Crippen MR) is 72.6 cm³/mol. The second-order valence-electron chi connectivity index (χ2n) is 4.78. The molecule has 0 aromatic rings. The molecule has 18 heavy (non-hydrogen) atoms. The fourth-order valence-corrected chi connectivity index (χ4v) is 3.14. The SMILES string of the molecule is CC(N)CCCC(=O)N1CCSCC1CC(=O)O. The van der Waals surface area contributed by atoms with Gasteiger partial charge in [-0.1, -0.05) is 0 Å². The Bertz CT molecular complexity index is 297. The molecule has 0 spiro atoms. The third-order valence-corrected chi connectivity index (χ3v) is 4.10. The number of hydrogen-bond acceptors (Lipinski definition) is 4. The first-order chi connectivity index (χ1) is 8.50. The number of thioether (sulfide) groups is 1. The quantitative estimate of drug-likeness (QED) is 0.752. The van der Waals surface area contributed by atoms with E-state index in [1.165, 1.54) is 0 Å². The minimum atomic E-state index is -0.837. The van der Waals surface area contributed by atoms with Crippen LogP contribution in [0, 0.1) is 0 Å². The molecule has 1 rings (SSSR count). The molecule has 1 aliphatic rings. The molecule has 1 amide bonds. The van der Waals surface area contributed by atoms with Gasteiger partial charge in [-0.15, -0.1) is 0 Å². The molecule has 0 aromatic carbocycles. The fourth-order valence-electron chi connectivity index (χ4n) is 2.07. The van der Waals surface area contributed by atoms with Gasteiger partial charge in [0, 0.05) is 30.5 Å². The highest BCUT2D eigenvalue weighted by atomic mass is 32.2. The zero-order chi connectivity index (χ0) is 13.5. The van der Waals surface area contributed by atoms with E-state index in [0.29, 0.717) is 13.0 Å². The van der Waals surface area contributed by atoms with Crippen molar-refractivity contribution in [2.24, 2.45) is 5.73 Å². The highest BCUT2D eigenvalue weighted by Gasteiger charge is 2.28. The van der Waals surface area contributed by atoms with E-state index in [9.17, 15) is 9.59 Å². The Kier molecular flexibility index (Phi) is 6.49. The molecule has 0 aromatic heterocycles. The van der Waals surface area contributed by atoms with Crippen LogP contribution in [0.3, 0.4) is 0 Å². The van der Waals surface area contributed by atoms with Gasteiger partial charge in [-0.05, 0) is 19.8 Å². The van der Waals surface area contributed by atoms with Crippen LogP contribution in [0.25, 0.3) is 0 Å². The van der Waals surface area contributed by atoms with Gasteiger partial charge in [0.25, 0.3) is 0 Å². The van der Waals surface area contributed by atoms with Crippen molar-refractivity contribution in [3.8, 4) is 0 Å². The summed E-state index contributed by atoms with van der Waals surface area (Å²) in [5.41, 5.74) is 5.64. The van der Waals surface area contributed by atoms with Crippen molar-refractivity contribution in [1.82, 2.24) is 4.90 Å². The van der Waals surface area contributed by atoms with Crippen LogP contribution in [0.5, 0.6) is 0 Å². The Morgan fingerprint density at radius 3 is 2.89 bits per heavy atom. The van der Waals surface area contributed by atoms with Gasteiger partial charge in [-0.25, -0.2) is 0 Å². The number of carbonyl (C=O) groups excluding carboxylic acids is 1. The highest BCUT2D eigenvalue weighted by Crippen LogP contribution is 2.20. The lowest BCUT2D eigenvalue weighted by Gasteiger charge is -2.34. The van der Waals surface area contributed by atoms with Crippen LogP contribution in [-0.4, -0.2) is 52.0 Å². The molecular weight excluding hydrogens is 252 g/mol. The summed E-state index contributed by atoms with van der Waals surface area (Å²) in [7, 11) is 0. The molecule has 2 unspecified atom stereocenters. The van der Waals surface area contributed by atoms with E-state index < -0.39 is 5.97 Å². The van der Waals surface area contributed by atoms with Crippen LogP contribution in [0.1, 0.15) is 32.6 Å². The van der Waals surface area contributed by atoms with Crippen molar-refractivity contribution < 1.29 is 14.7 Å². The molecule has 1 saturated heterocycles. The monoisotopic (exact) mass is 274 g/mol. The molecule has 0 bridgehead atoms. The zero-order valence-electron chi connectivity index (χ0n) is 10.8. The number of carbonyl (C=O) groups is 2. The van der Waals surface area contributed by atoms with Gasteiger partial charge >= 0.3 is 5.97 Å². The van der Waals surface area contributed by atoms with Crippen molar-refractivity contribution in [1.29, 1.82) is 0 Å². The molecule has 0 saturated carbocycles. The summed E-state index contributed by atoms with van der Waals surface area (Å²) in [4.78, 5) is 24.6. The van der Waals surface area contributed by atoms with Gasteiger partial charge in [0.15, 0.2) is 0 Å². The van der Waals surface area contributed by atoms with E-state index in [2.05, 4.69) is 0 Å². The van der Waals surface area contributed by atoms with E-state index in [4.69, 9.17) is 10.8 Å². The van der Waals surface area contributed by atoms with Crippen molar-refractivity contribution in [2.45, 2.75) is 44.7 Å². The summed E-state index contributed by atoms with van der Waals surface area (Å²) in [6.45, 7) is 2.59. The maximum atomic E-state index is 12.1. The minimum absolute atomic E-state index is 0.0477. The third kappa shape index (κ3) is 5.27. The predicted octanol–water partition coefficient (Wildman–Crippen LogP) is 0.923. The third-order valence-electron chi connectivity index (χ3n) is 3.01. The van der Waals surface area contributed by atoms with Gasteiger partial charge in [0.2, 0.25) is 5.91 Å². The lowest BCUT2D eigenvalue weighted by molar-refractivity contribution is -0.140. The van der Waals surface area contributed by atoms with E-state index in [-0.39, 0.29) is 24.4 Å². The van der Waals surface area contributed by atoms with Crippen molar-refractivity contribution in [3.05, 3.63) is 0 Å². The van der Waals surface area contributed by atoms with Crippen LogP contribution in [-0.2, 0) is 9.59 Å². The maximum Gasteiger partial charge on any atom is 0.305 e. The normalized spacial score (nSPS) is 21.7. The number of aliphatic carboxylic acids is 1. The van der Waals surface area contributed by atoms with E-state index in [1.807, 2.05) is 6.92 Å². The number of rotatable bonds is 6. The Morgan fingerprint density at radius 1 is 1.56 bits per heavy atom. The molecule has 2 atom stereocenters. The zero-order valence-corrected chi connectivity index (χ0v) is 11.6. The van der Waals surface area contributed by atoms with Crippen LogP contribution in [0.15, 0.2) is 0 Å². The van der Waals surface area contributed by atoms with E-state index in [1.54, 1.807) is 16.7 Å². The van der Waals surface area contributed by atoms with Crippen LogP contribution in [0.2, 0.25) is 0 Å². The second kappa shape index (κ2) is 7.63. The Morgan fingerprint density at radius 2 is 2.28 bits per heavy atom. The standard InChI is InChI=1S/C12H22N2O3S/c1-9(13)3-2-4-11(15)14-5-6-18-8-10(14)7-12(16)17/h9-10H,2-8,13H2,1H3,(H,16,17). The molecule has 0 radical (unpaired) electrons. The molecule has 104 valence electrons. The van der Waals surface area contributed by atoms with Crippen LogP contribution < -0.4 is 5.73 Å². The molecular formula is C12H22N2O3S. The van der Waals surface area contributed by atoms with E-state index in [0.717, 1.165) is 24.3 Å². The number of amides is 1.